The zero-order valence-electron chi connectivity index (χ0n) is 12.2. The molecule has 1 atom stereocenters. The van der Waals surface area contributed by atoms with E-state index >= 15 is 0 Å². The van der Waals surface area contributed by atoms with Gasteiger partial charge < -0.3 is 10.2 Å². The zero-order valence-corrected chi connectivity index (χ0v) is 14.6. The number of nitrogens with zero attached hydrogens (tertiary/aromatic N) is 3. The van der Waals surface area contributed by atoms with Crippen LogP contribution >= 0.6 is 36.4 Å². The normalized spacial score (nSPS) is 21.9. The van der Waals surface area contributed by atoms with Crippen molar-refractivity contribution in [2.75, 3.05) is 39.3 Å². The van der Waals surface area contributed by atoms with E-state index in [0.717, 1.165) is 39.3 Å². The molecule has 1 aromatic heterocycles. The Morgan fingerprint density at radius 2 is 1.95 bits per heavy atom. The van der Waals surface area contributed by atoms with Gasteiger partial charge in [0.2, 0.25) is 0 Å². The van der Waals surface area contributed by atoms with Crippen LogP contribution in [-0.4, -0.2) is 66.0 Å². The van der Waals surface area contributed by atoms with Crippen LogP contribution in [0, 0.1) is 0 Å². The molecule has 2 aliphatic heterocycles. The number of carbonyl (C=O) groups excluding carboxylic acids is 1. The number of piperazine rings is 1. The summed E-state index contributed by atoms with van der Waals surface area (Å²) in [4.78, 5) is 20.8. The lowest BCUT2D eigenvalue weighted by atomic mass is 10.2. The van der Waals surface area contributed by atoms with E-state index in [1.165, 1.54) is 12.6 Å². The summed E-state index contributed by atoms with van der Waals surface area (Å²) in [6.45, 7) is 5.64. The van der Waals surface area contributed by atoms with Gasteiger partial charge in [0.1, 0.15) is 5.69 Å². The van der Waals surface area contributed by atoms with Crippen molar-refractivity contribution >= 4 is 42.3 Å². The Balaban J connectivity index is 0.00000121. The third-order valence-electron chi connectivity index (χ3n) is 4.10. The molecule has 2 fully saturated rings. The fourth-order valence-electron chi connectivity index (χ4n) is 2.91. The fraction of sp³-hybridized carbons (Fsp3) is 0.571. The number of hydrogen-bond donors (Lipinski definition) is 1. The zero-order chi connectivity index (χ0) is 13.9. The summed E-state index contributed by atoms with van der Waals surface area (Å²) in [6, 6.07) is 4.04. The lowest BCUT2D eigenvalue weighted by Gasteiger charge is -2.37. The van der Waals surface area contributed by atoms with E-state index in [-0.39, 0.29) is 30.7 Å². The molecule has 0 aliphatic carbocycles. The second-order valence-electron chi connectivity index (χ2n) is 5.34. The molecule has 5 nitrogen and oxygen atoms in total. The summed E-state index contributed by atoms with van der Waals surface area (Å²) in [5.74, 6) is 0.00543. The van der Waals surface area contributed by atoms with Crippen LogP contribution in [0.5, 0.6) is 0 Å². The molecule has 2 saturated heterocycles. The van der Waals surface area contributed by atoms with Crippen LogP contribution in [0.1, 0.15) is 16.9 Å². The summed E-state index contributed by atoms with van der Waals surface area (Å²) >= 11 is 5.79. The predicted octanol–water partition coefficient (Wildman–Crippen LogP) is 1.70. The Morgan fingerprint density at radius 3 is 2.50 bits per heavy atom. The maximum atomic E-state index is 12.3. The van der Waals surface area contributed by atoms with E-state index in [4.69, 9.17) is 11.6 Å². The molecule has 0 radical (unpaired) electrons. The largest absolute Gasteiger partial charge is 0.335 e. The van der Waals surface area contributed by atoms with Crippen molar-refractivity contribution < 1.29 is 4.79 Å². The average Bonchev–Trinajstić information content (AvgIpc) is 3.02. The smallest absolute Gasteiger partial charge is 0.272 e. The van der Waals surface area contributed by atoms with Crippen molar-refractivity contribution in [1.82, 2.24) is 20.1 Å². The van der Waals surface area contributed by atoms with Gasteiger partial charge in [0.25, 0.3) is 5.91 Å². The van der Waals surface area contributed by atoms with E-state index in [2.05, 4.69) is 15.2 Å². The molecule has 3 rings (SSSR count). The second kappa shape index (κ2) is 8.89. The lowest BCUT2D eigenvalue weighted by molar-refractivity contribution is 0.0578. The molecular weight excluding hydrogens is 347 g/mol. The molecule has 1 amide bonds. The van der Waals surface area contributed by atoms with Crippen LogP contribution in [0.15, 0.2) is 18.3 Å². The SMILES string of the molecule is Cl.Cl.O=C(c1ccc(Cl)cn1)N1CCN(C2CCNC2)CC1. The minimum Gasteiger partial charge on any atom is -0.335 e. The minimum atomic E-state index is 0. The fourth-order valence-corrected chi connectivity index (χ4v) is 3.02. The number of carbonyl (C=O) groups is 1. The Kier molecular flexibility index (Phi) is 7.86. The van der Waals surface area contributed by atoms with Crippen LogP contribution in [0.4, 0.5) is 0 Å². The first kappa shape index (κ1) is 19.5. The van der Waals surface area contributed by atoms with Gasteiger partial charge >= 0.3 is 0 Å². The summed E-state index contributed by atoms with van der Waals surface area (Å²) in [5, 5.41) is 3.95. The standard InChI is InChI=1S/C14H19ClN4O.2ClH/c15-11-1-2-13(17-9-11)14(20)19-7-5-18(6-8-19)12-3-4-16-10-12;;/h1-2,9,12,16H,3-8,10H2;2*1H. The van der Waals surface area contributed by atoms with E-state index in [0.29, 0.717) is 16.8 Å². The van der Waals surface area contributed by atoms with Crippen LogP contribution in [0.25, 0.3) is 0 Å². The number of pyridine rings is 1. The van der Waals surface area contributed by atoms with Gasteiger partial charge in [0, 0.05) is 45.0 Å². The van der Waals surface area contributed by atoms with E-state index in [1.54, 1.807) is 12.1 Å². The highest BCUT2D eigenvalue weighted by molar-refractivity contribution is 6.30. The first-order valence-electron chi connectivity index (χ1n) is 7.09. The van der Waals surface area contributed by atoms with Gasteiger partial charge in [-0.15, -0.1) is 24.8 Å². The molecule has 0 saturated carbocycles. The molecular formula is C14H21Cl3N4O. The van der Waals surface area contributed by atoms with Crippen LogP contribution in [0.2, 0.25) is 5.02 Å². The maximum Gasteiger partial charge on any atom is 0.272 e. The molecule has 0 aromatic carbocycles. The second-order valence-corrected chi connectivity index (χ2v) is 5.77. The van der Waals surface area contributed by atoms with Crippen LogP contribution in [-0.2, 0) is 0 Å². The first-order valence-corrected chi connectivity index (χ1v) is 7.47. The maximum absolute atomic E-state index is 12.3. The van der Waals surface area contributed by atoms with E-state index < -0.39 is 0 Å². The number of hydrogen-bond acceptors (Lipinski definition) is 4. The lowest BCUT2D eigenvalue weighted by Crippen LogP contribution is -2.52. The topological polar surface area (TPSA) is 48.5 Å². The van der Waals surface area contributed by atoms with Gasteiger partial charge in [0.05, 0.1) is 5.02 Å². The monoisotopic (exact) mass is 366 g/mol. The molecule has 1 unspecified atom stereocenters. The highest BCUT2D eigenvalue weighted by Crippen LogP contribution is 2.14. The van der Waals surface area contributed by atoms with Crippen molar-refractivity contribution in [1.29, 1.82) is 0 Å². The summed E-state index contributed by atoms with van der Waals surface area (Å²) in [6.07, 6.45) is 2.74. The highest BCUT2D eigenvalue weighted by Gasteiger charge is 2.28. The van der Waals surface area contributed by atoms with E-state index in [9.17, 15) is 4.79 Å². The molecule has 22 heavy (non-hydrogen) atoms. The quantitative estimate of drug-likeness (QED) is 0.864. The van der Waals surface area contributed by atoms with Gasteiger partial charge in [-0.3, -0.25) is 9.69 Å². The first-order chi connectivity index (χ1) is 9.74. The Hall–Kier alpha value is -0.590. The molecule has 2 aliphatic rings. The number of rotatable bonds is 2. The molecule has 0 spiro atoms. The Bertz CT molecular complexity index is 471. The number of nitrogens with one attached hydrogen (secondary N) is 1. The molecule has 3 heterocycles. The number of halogens is 3. The van der Waals surface area contributed by atoms with Crippen molar-refractivity contribution in [3.63, 3.8) is 0 Å². The van der Waals surface area contributed by atoms with Crippen molar-refractivity contribution in [2.24, 2.45) is 0 Å². The van der Waals surface area contributed by atoms with Crippen LogP contribution in [0.3, 0.4) is 0 Å². The molecule has 0 bridgehead atoms. The average molecular weight is 368 g/mol. The van der Waals surface area contributed by atoms with Gasteiger partial charge in [-0.1, -0.05) is 11.6 Å². The molecule has 1 N–H and O–H groups in total. The predicted molar refractivity (Wildman–Crippen MR) is 92.5 cm³/mol. The number of aromatic nitrogens is 1. The van der Waals surface area contributed by atoms with Gasteiger partial charge in [-0.25, -0.2) is 4.98 Å². The Morgan fingerprint density at radius 1 is 1.23 bits per heavy atom. The van der Waals surface area contributed by atoms with Crippen LogP contribution < -0.4 is 5.32 Å². The van der Waals surface area contributed by atoms with Crippen molar-refractivity contribution in [3.05, 3.63) is 29.0 Å². The Labute approximate surface area is 148 Å². The molecule has 1 aromatic rings. The van der Waals surface area contributed by atoms with Gasteiger partial charge in [-0.2, -0.15) is 0 Å². The molecule has 8 heteroatoms. The molecule has 124 valence electrons. The summed E-state index contributed by atoms with van der Waals surface area (Å²) in [5.41, 5.74) is 0.477. The van der Waals surface area contributed by atoms with E-state index in [1.807, 2.05) is 4.90 Å². The third kappa shape index (κ3) is 4.46. The van der Waals surface area contributed by atoms with Gasteiger partial charge in [-0.05, 0) is 25.1 Å². The third-order valence-corrected chi connectivity index (χ3v) is 4.32. The highest BCUT2D eigenvalue weighted by atomic mass is 35.5. The van der Waals surface area contributed by atoms with Crippen molar-refractivity contribution in [3.8, 4) is 0 Å². The summed E-state index contributed by atoms with van der Waals surface area (Å²) < 4.78 is 0. The van der Waals surface area contributed by atoms with Crippen molar-refractivity contribution in [2.45, 2.75) is 12.5 Å². The number of amides is 1. The summed E-state index contributed by atoms with van der Waals surface area (Å²) in [7, 11) is 0. The van der Waals surface area contributed by atoms with Gasteiger partial charge in [0.15, 0.2) is 0 Å². The minimum absolute atomic E-state index is 0.